The molecule has 10 heavy (non-hydrogen) atoms. The van der Waals surface area contributed by atoms with Crippen LogP contribution in [0.25, 0.3) is 0 Å². The fourth-order valence-electron chi connectivity index (χ4n) is 0.345. The van der Waals surface area contributed by atoms with Gasteiger partial charge in [-0.1, -0.05) is 0 Å². The SMILES string of the molecule is COP(=O)(OC)S(C)(=O)=O. The van der Waals surface area contributed by atoms with Crippen LogP contribution in [0, 0.1) is 0 Å². The number of hydrogen-bond donors (Lipinski definition) is 0. The van der Waals surface area contributed by atoms with Crippen molar-refractivity contribution in [3.8, 4) is 0 Å². The molecule has 5 nitrogen and oxygen atoms in total. The maximum atomic E-state index is 10.9. The lowest BCUT2D eigenvalue weighted by Crippen LogP contribution is -2.01. The molecule has 0 atom stereocenters. The van der Waals surface area contributed by atoms with Crippen molar-refractivity contribution in [2.24, 2.45) is 0 Å². The van der Waals surface area contributed by atoms with Crippen molar-refractivity contribution in [3.63, 3.8) is 0 Å². The highest BCUT2D eigenvalue weighted by molar-refractivity contribution is 8.49. The molecule has 0 unspecified atom stereocenters. The molecule has 7 heteroatoms. The highest BCUT2D eigenvalue weighted by atomic mass is 32.8. The quantitative estimate of drug-likeness (QED) is 0.600. The molecule has 0 aliphatic carbocycles. The first-order valence-electron chi connectivity index (χ1n) is 2.29. The second-order valence-corrected chi connectivity index (χ2v) is 7.97. The Morgan fingerprint density at radius 2 is 1.50 bits per heavy atom. The summed E-state index contributed by atoms with van der Waals surface area (Å²) >= 11 is 0. The van der Waals surface area contributed by atoms with Crippen LogP contribution >= 0.6 is 6.80 Å². The minimum Gasteiger partial charge on any atom is -0.301 e. The fraction of sp³-hybridized carbons (Fsp3) is 1.00. The lowest BCUT2D eigenvalue weighted by atomic mass is 11.8. The van der Waals surface area contributed by atoms with E-state index in [1.807, 2.05) is 0 Å². The molecule has 62 valence electrons. The van der Waals surface area contributed by atoms with E-state index in [4.69, 9.17) is 0 Å². The Morgan fingerprint density at radius 3 is 1.50 bits per heavy atom. The maximum Gasteiger partial charge on any atom is 0.444 e. The largest absolute Gasteiger partial charge is 0.444 e. The monoisotopic (exact) mass is 188 g/mol. The summed E-state index contributed by atoms with van der Waals surface area (Å²) in [4.78, 5) is 0. The van der Waals surface area contributed by atoms with Gasteiger partial charge in [0.1, 0.15) is 0 Å². The third kappa shape index (κ3) is 1.79. The summed E-state index contributed by atoms with van der Waals surface area (Å²) in [6.07, 6.45) is 0.792. The van der Waals surface area contributed by atoms with Gasteiger partial charge in [0.05, 0.1) is 6.26 Å². The van der Waals surface area contributed by atoms with E-state index in [1.165, 1.54) is 0 Å². The third-order valence-electron chi connectivity index (χ3n) is 0.853. The van der Waals surface area contributed by atoms with Gasteiger partial charge in [-0.05, 0) is 0 Å². The summed E-state index contributed by atoms with van der Waals surface area (Å²) < 4.78 is 40.5. The number of hydrogen-bond acceptors (Lipinski definition) is 5. The smallest absolute Gasteiger partial charge is 0.301 e. The van der Waals surface area contributed by atoms with Crippen LogP contribution in [0.4, 0.5) is 0 Å². The van der Waals surface area contributed by atoms with Crippen LogP contribution in [0.1, 0.15) is 0 Å². The predicted octanol–water partition coefficient (Wildman–Crippen LogP) is 0.432. The van der Waals surface area contributed by atoms with E-state index < -0.39 is 16.3 Å². The number of rotatable bonds is 3. The Morgan fingerprint density at radius 1 is 1.20 bits per heavy atom. The maximum absolute atomic E-state index is 10.9. The van der Waals surface area contributed by atoms with E-state index in [-0.39, 0.29) is 0 Å². The van der Waals surface area contributed by atoms with Gasteiger partial charge in [0, 0.05) is 14.2 Å². The molecule has 0 aromatic carbocycles. The molecule has 0 aromatic heterocycles. The molecule has 0 saturated heterocycles. The average molecular weight is 188 g/mol. The van der Waals surface area contributed by atoms with Crippen LogP contribution in [0.2, 0.25) is 0 Å². The highest BCUT2D eigenvalue weighted by Gasteiger charge is 2.34. The van der Waals surface area contributed by atoms with Crippen molar-refractivity contribution in [3.05, 3.63) is 0 Å². The first-order chi connectivity index (χ1) is 4.37. The molecule has 0 aromatic rings. The molecule has 0 saturated carbocycles. The van der Waals surface area contributed by atoms with Gasteiger partial charge in [-0.2, -0.15) is 0 Å². The molecule has 0 aliphatic rings. The topological polar surface area (TPSA) is 69.7 Å². The predicted molar refractivity (Wildman–Crippen MR) is 36.5 cm³/mol. The summed E-state index contributed by atoms with van der Waals surface area (Å²) in [5.41, 5.74) is 0. The van der Waals surface area contributed by atoms with E-state index >= 15 is 0 Å². The van der Waals surface area contributed by atoms with E-state index in [0.29, 0.717) is 0 Å². The van der Waals surface area contributed by atoms with Gasteiger partial charge in [0.2, 0.25) is 9.46 Å². The minimum atomic E-state index is -3.89. The third-order valence-corrected chi connectivity index (χ3v) is 5.89. The van der Waals surface area contributed by atoms with Crippen molar-refractivity contribution >= 4 is 16.3 Å². The Kier molecular flexibility index (Phi) is 3.03. The van der Waals surface area contributed by atoms with E-state index in [1.54, 1.807) is 0 Å². The Hall–Kier alpha value is 0.100. The van der Waals surface area contributed by atoms with Crippen molar-refractivity contribution in [1.82, 2.24) is 0 Å². The summed E-state index contributed by atoms with van der Waals surface area (Å²) in [6.45, 7) is -3.89. The summed E-state index contributed by atoms with van der Waals surface area (Å²) in [6, 6.07) is 0. The molecular weight excluding hydrogens is 179 g/mol. The zero-order valence-electron chi connectivity index (χ0n) is 5.90. The van der Waals surface area contributed by atoms with Crippen LogP contribution in [-0.4, -0.2) is 28.9 Å². The summed E-state index contributed by atoms with van der Waals surface area (Å²) in [7, 11) is -1.72. The van der Waals surface area contributed by atoms with Gasteiger partial charge >= 0.3 is 6.80 Å². The Balaban J connectivity index is 4.89. The normalized spacial score (nSPS) is 13.5. The van der Waals surface area contributed by atoms with Crippen LogP contribution < -0.4 is 0 Å². The second kappa shape index (κ2) is 3.00. The molecule has 0 fully saturated rings. The molecule has 0 N–H and O–H groups in total. The zero-order valence-corrected chi connectivity index (χ0v) is 7.61. The van der Waals surface area contributed by atoms with Crippen LogP contribution in [0.5, 0.6) is 0 Å². The standard InChI is InChI=1S/C3H9O5PS/c1-7-9(4,8-2)10(3,5)6/h1-3H3. The van der Waals surface area contributed by atoms with Gasteiger partial charge in [-0.25, -0.2) is 13.0 Å². The molecule has 0 rings (SSSR count). The fourth-order valence-corrected chi connectivity index (χ4v) is 2.66. The van der Waals surface area contributed by atoms with Gasteiger partial charge in [-0.3, -0.25) is 0 Å². The Bertz CT molecular complexity index is 234. The Labute approximate surface area is 59.5 Å². The first-order valence-corrected chi connectivity index (χ1v) is 6.33. The van der Waals surface area contributed by atoms with Gasteiger partial charge in [0.25, 0.3) is 0 Å². The lowest BCUT2D eigenvalue weighted by molar-refractivity contribution is 0.291. The van der Waals surface area contributed by atoms with Crippen LogP contribution in [-0.2, 0) is 23.1 Å². The van der Waals surface area contributed by atoms with Crippen molar-refractivity contribution in [2.75, 3.05) is 20.5 Å². The molecule has 0 amide bonds. The molecule has 0 aliphatic heterocycles. The van der Waals surface area contributed by atoms with Crippen molar-refractivity contribution < 1.29 is 22.0 Å². The van der Waals surface area contributed by atoms with Crippen LogP contribution in [0.15, 0.2) is 0 Å². The lowest BCUT2D eigenvalue weighted by Gasteiger charge is -2.09. The second-order valence-electron chi connectivity index (χ2n) is 1.55. The minimum absolute atomic E-state index is 0.792. The van der Waals surface area contributed by atoms with Gasteiger partial charge < -0.3 is 9.05 Å². The van der Waals surface area contributed by atoms with E-state index in [9.17, 15) is 13.0 Å². The molecule has 0 heterocycles. The molecule has 0 bridgehead atoms. The summed E-state index contributed by atoms with van der Waals surface area (Å²) in [5.74, 6) is 0. The van der Waals surface area contributed by atoms with Crippen LogP contribution in [0.3, 0.4) is 0 Å². The average Bonchev–Trinajstić information content (AvgIpc) is 1.84. The van der Waals surface area contributed by atoms with E-state index in [0.717, 1.165) is 20.5 Å². The summed E-state index contributed by atoms with van der Waals surface area (Å²) in [5, 5.41) is 0. The molecule has 0 spiro atoms. The van der Waals surface area contributed by atoms with Crippen molar-refractivity contribution in [2.45, 2.75) is 0 Å². The molecule has 0 radical (unpaired) electrons. The zero-order chi connectivity index (χ0) is 8.41. The van der Waals surface area contributed by atoms with Gasteiger partial charge in [-0.15, -0.1) is 0 Å². The van der Waals surface area contributed by atoms with E-state index in [2.05, 4.69) is 9.05 Å². The first kappa shape index (κ1) is 10.1. The molecular formula is C3H9O5PS. The highest BCUT2D eigenvalue weighted by Crippen LogP contribution is 2.52. The van der Waals surface area contributed by atoms with Crippen molar-refractivity contribution in [1.29, 1.82) is 0 Å². The van der Waals surface area contributed by atoms with Gasteiger partial charge in [0.15, 0.2) is 0 Å².